The fourth-order valence-corrected chi connectivity index (χ4v) is 2.65. The normalized spacial score (nSPS) is 12.2. The van der Waals surface area contributed by atoms with E-state index in [1.54, 1.807) is 12.1 Å². The Labute approximate surface area is 134 Å². The van der Waals surface area contributed by atoms with Crippen molar-refractivity contribution >= 4 is 31.9 Å². The van der Waals surface area contributed by atoms with Crippen LogP contribution in [0.25, 0.3) is 0 Å². The van der Waals surface area contributed by atoms with Crippen molar-refractivity contribution in [2.45, 2.75) is 19.4 Å². The van der Waals surface area contributed by atoms with Gasteiger partial charge in [0, 0.05) is 15.0 Å². The van der Waals surface area contributed by atoms with Crippen LogP contribution in [0.3, 0.4) is 0 Å². The van der Waals surface area contributed by atoms with Crippen LogP contribution in [-0.2, 0) is 6.42 Å². The number of benzene rings is 2. The Hall–Kier alpha value is -0.910. The minimum absolute atomic E-state index is 0.0839. The van der Waals surface area contributed by atoms with E-state index in [0.29, 0.717) is 5.75 Å². The van der Waals surface area contributed by atoms with Crippen molar-refractivity contribution in [2.24, 2.45) is 5.73 Å². The van der Waals surface area contributed by atoms with Crippen molar-refractivity contribution in [3.8, 4) is 11.5 Å². The summed E-state index contributed by atoms with van der Waals surface area (Å²) in [6.07, 6.45) is 0.770. The maximum atomic E-state index is 13.6. The van der Waals surface area contributed by atoms with Gasteiger partial charge in [-0.1, -0.05) is 37.9 Å². The molecule has 2 rings (SSSR count). The molecule has 0 aliphatic rings. The zero-order valence-corrected chi connectivity index (χ0v) is 14.0. The summed E-state index contributed by atoms with van der Waals surface area (Å²) >= 11 is 6.78. The average molecular weight is 403 g/mol. The predicted octanol–water partition coefficient (Wildman–Crippen LogP) is 5.03. The third-order valence-corrected chi connectivity index (χ3v) is 3.92. The SMILES string of the molecule is CC(N)Cc1ccc(Oc2cc(Br)ccc2F)cc1Br. The molecule has 5 heteroatoms. The summed E-state index contributed by atoms with van der Waals surface area (Å²) in [4.78, 5) is 0. The number of hydrogen-bond donors (Lipinski definition) is 1. The monoisotopic (exact) mass is 401 g/mol. The van der Waals surface area contributed by atoms with E-state index in [2.05, 4.69) is 31.9 Å². The predicted molar refractivity (Wildman–Crippen MR) is 85.7 cm³/mol. The van der Waals surface area contributed by atoms with Crippen molar-refractivity contribution in [1.82, 2.24) is 0 Å². The maximum Gasteiger partial charge on any atom is 0.165 e. The van der Waals surface area contributed by atoms with E-state index in [1.165, 1.54) is 6.07 Å². The first-order valence-corrected chi connectivity index (χ1v) is 7.71. The van der Waals surface area contributed by atoms with Gasteiger partial charge in [-0.15, -0.1) is 0 Å². The van der Waals surface area contributed by atoms with E-state index in [1.807, 2.05) is 25.1 Å². The lowest BCUT2D eigenvalue weighted by Gasteiger charge is -2.11. The van der Waals surface area contributed by atoms with Crippen LogP contribution in [0, 0.1) is 5.82 Å². The van der Waals surface area contributed by atoms with Crippen LogP contribution in [0.5, 0.6) is 11.5 Å². The molecule has 2 aromatic carbocycles. The molecule has 0 aliphatic carbocycles. The van der Waals surface area contributed by atoms with Gasteiger partial charge in [0.25, 0.3) is 0 Å². The maximum absolute atomic E-state index is 13.6. The van der Waals surface area contributed by atoms with E-state index < -0.39 is 5.82 Å². The van der Waals surface area contributed by atoms with Gasteiger partial charge in [0.15, 0.2) is 11.6 Å². The first-order valence-electron chi connectivity index (χ1n) is 6.12. The summed E-state index contributed by atoms with van der Waals surface area (Å²) in [5.74, 6) is 0.359. The molecule has 0 saturated carbocycles. The molecule has 0 fully saturated rings. The zero-order valence-electron chi connectivity index (χ0n) is 10.9. The average Bonchev–Trinajstić information content (AvgIpc) is 2.37. The zero-order chi connectivity index (χ0) is 14.7. The molecule has 2 aromatic rings. The van der Waals surface area contributed by atoms with Crippen molar-refractivity contribution in [1.29, 1.82) is 0 Å². The largest absolute Gasteiger partial charge is 0.454 e. The molecule has 1 atom stereocenters. The molecule has 20 heavy (non-hydrogen) atoms. The lowest BCUT2D eigenvalue weighted by molar-refractivity contribution is 0.441. The van der Waals surface area contributed by atoms with Gasteiger partial charge < -0.3 is 10.5 Å². The Balaban J connectivity index is 2.22. The van der Waals surface area contributed by atoms with E-state index in [9.17, 15) is 4.39 Å². The smallest absolute Gasteiger partial charge is 0.165 e. The molecule has 0 saturated heterocycles. The molecule has 2 nitrogen and oxygen atoms in total. The standard InChI is InChI=1S/C15H14Br2FNO/c1-9(19)6-10-2-4-12(8-13(10)17)20-15-7-11(16)3-5-14(15)18/h2-5,7-9H,6,19H2,1H3. The number of rotatable bonds is 4. The topological polar surface area (TPSA) is 35.2 Å². The van der Waals surface area contributed by atoms with Crippen LogP contribution in [0.15, 0.2) is 45.3 Å². The second-order valence-corrected chi connectivity index (χ2v) is 6.38. The Morgan fingerprint density at radius 1 is 1.20 bits per heavy atom. The summed E-state index contributed by atoms with van der Waals surface area (Å²) in [5, 5.41) is 0. The highest BCUT2D eigenvalue weighted by molar-refractivity contribution is 9.10. The van der Waals surface area contributed by atoms with Crippen LogP contribution in [0.4, 0.5) is 4.39 Å². The summed E-state index contributed by atoms with van der Waals surface area (Å²) in [6, 6.07) is 10.2. The molecule has 0 heterocycles. The summed E-state index contributed by atoms with van der Waals surface area (Å²) in [6.45, 7) is 1.95. The lowest BCUT2D eigenvalue weighted by Crippen LogP contribution is -2.17. The van der Waals surface area contributed by atoms with Crippen LogP contribution in [-0.4, -0.2) is 6.04 Å². The Kier molecular flexibility index (Phi) is 5.18. The van der Waals surface area contributed by atoms with Crippen LogP contribution < -0.4 is 10.5 Å². The molecule has 0 aliphatic heterocycles. The molecule has 1 unspecified atom stereocenters. The van der Waals surface area contributed by atoms with Gasteiger partial charge in [0.05, 0.1) is 0 Å². The fourth-order valence-electron chi connectivity index (χ4n) is 1.79. The Morgan fingerprint density at radius 2 is 1.95 bits per heavy atom. The number of hydrogen-bond acceptors (Lipinski definition) is 2. The molecule has 0 spiro atoms. The van der Waals surface area contributed by atoms with Gasteiger partial charge >= 0.3 is 0 Å². The minimum Gasteiger partial charge on any atom is -0.454 e. The first-order chi connectivity index (χ1) is 9.45. The summed E-state index contributed by atoms with van der Waals surface area (Å²) in [5.41, 5.74) is 6.88. The quantitative estimate of drug-likeness (QED) is 0.777. The second-order valence-electron chi connectivity index (χ2n) is 4.61. The Bertz CT molecular complexity index is 617. The lowest BCUT2D eigenvalue weighted by atomic mass is 10.1. The number of ether oxygens (including phenoxy) is 1. The molecule has 2 N–H and O–H groups in total. The highest BCUT2D eigenvalue weighted by atomic mass is 79.9. The first kappa shape index (κ1) is 15.5. The van der Waals surface area contributed by atoms with Gasteiger partial charge in [-0.2, -0.15) is 0 Å². The van der Waals surface area contributed by atoms with Gasteiger partial charge in [-0.05, 0) is 49.2 Å². The number of halogens is 3. The molecule has 0 aromatic heterocycles. The highest BCUT2D eigenvalue weighted by Crippen LogP contribution is 2.30. The second kappa shape index (κ2) is 6.70. The van der Waals surface area contributed by atoms with E-state index >= 15 is 0 Å². The van der Waals surface area contributed by atoms with Crippen LogP contribution in [0.2, 0.25) is 0 Å². The summed E-state index contributed by atoms with van der Waals surface area (Å²) in [7, 11) is 0. The number of nitrogens with two attached hydrogens (primary N) is 1. The van der Waals surface area contributed by atoms with E-state index in [0.717, 1.165) is 20.9 Å². The molecular weight excluding hydrogens is 389 g/mol. The van der Waals surface area contributed by atoms with Gasteiger partial charge in [-0.25, -0.2) is 4.39 Å². The fraction of sp³-hybridized carbons (Fsp3) is 0.200. The molecule has 0 bridgehead atoms. The van der Waals surface area contributed by atoms with Crippen molar-refractivity contribution < 1.29 is 9.13 Å². The third-order valence-electron chi connectivity index (χ3n) is 2.69. The van der Waals surface area contributed by atoms with Crippen LogP contribution >= 0.6 is 31.9 Å². The molecule has 106 valence electrons. The van der Waals surface area contributed by atoms with Gasteiger partial charge in [0.1, 0.15) is 5.75 Å². The minimum atomic E-state index is -0.399. The van der Waals surface area contributed by atoms with Crippen LogP contribution in [0.1, 0.15) is 12.5 Å². The van der Waals surface area contributed by atoms with Crippen molar-refractivity contribution in [3.05, 3.63) is 56.7 Å². The summed E-state index contributed by atoms with van der Waals surface area (Å²) < 4.78 is 20.9. The van der Waals surface area contributed by atoms with E-state index in [4.69, 9.17) is 10.5 Å². The Morgan fingerprint density at radius 3 is 2.60 bits per heavy atom. The molecular formula is C15H14Br2FNO. The van der Waals surface area contributed by atoms with Crippen molar-refractivity contribution in [2.75, 3.05) is 0 Å². The van der Waals surface area contributed by atoms with Gasteiger partial charge in [0.2, 0.25) is 0 Å². The van der Waals surface area contributed by atoms with Crippen molar-refractivity contribution in [3.63, 3.8) is 0 Å². The third kappa shape index (κ3) is 4.04. The molecule has 0 amide bonds. The van der Waals surface area contributed by atoms with E-state index in [-0.39, 0.29) is 11.8 Å². The highest BCUT2D eigenvalue weighted by Gasteiger charge is 2.08. The molecule has 0 radical (unpaired) electrons. The van der Waals surface area contributed by atoms with Gasteiger partial charge in [-0.3, -0.25) is 0 Å².